The van der Waals surface area contributed by atoms with Gasteiger partial charge in [0.2, 0.25) is 0 Å². The molecule has 4 aromatic rings. The van der Waals surface area contributed by atoms with E-state index >= 15 is 0 Å². The number of para-hydroxylation sites is 1. The van der Waals surface area contributed by atoms with Gasteiger partial charge < -0.3 is 15.2 Å². The zero-order valence-corrected chi connectivity index (χ0v) is 20.6. The number of carbonyl (C=O) groups excluding carboxylic acids is 1. The van der Waals surface area contributed by atoms with Crippen molar-refractivity contribution in [1.29, 1.82) is 0 Å². The Morgan fingerprint density at radius 1 is 0.941 bits per heavy atom. The summed E-state index contributed by atoms with van der Waals surface area (Å²) in [5.74, 6) is 1.74. The van der Waals surface area contributed by atoms with Crippen molar-refractivity contribution >= 4 is 39.2 Å². The van der Waals surface area contributed by atoms with Gasteiger partial charge in [-0.05, 0) is 57.0 Å². The van der Waals surface area contributed by atoms with Crippen LogP contribution in [0.15, 0.2) is 48.5 Å². The van der Waals surface area contributed by atoms with Crippen LogP contribution in [0.5, 0.6) is 0 Å². The highest BCUT2D eigenvalue weighted by Crippen LogP contribution is 2.29. The van der Waals surface area contributed by atoms with Gasteiger partial charge in [0, 0.05) is 49.1 Å². The molecule has 6 heteroatoms. The summed E-state index contributed by atoms with van der Waals surface area (Å²) in [5.41, 5.74) is 11.0. The van der Waals surface area contributed by atoms with Gasteiger partial charge in [-0.25, -0.2) is 9.97 Å². The molecule has 6 nitrogen and oxygen atoms in total. The lowest BCUT2D eigenvalue weighted by molar-refractivity contribution is 0.0979. The number of nitrogens with zero attached hydrogens (tertiary/aromatic N) is 4. The van der Waals surface area contributed by atoms with E-state index < -0.39 is 0 Å². The number of fused-ring (bicyclic) bond motifs is 3. The van der Waals surface area contributed by atoms with Crippen LogP contribution in [-0.2, 0) is 13.0 Å². The van der Waals surface area contributed by atoms with Gasteiger partial charge in [0.15, 0.2) is 11.6 Å². The number of imidazole rings is 1. The number of carbonyl (C=O) groups is 1. The Balaban J connectivity index is 1.38. The third kappa shape index (κ3) is 4.76. The van der Waals surface area contributed by atoms with Crippen LogP contribution in [0, 0.1) is 0 Å². The van der Waals surface area contributed by atoms with E-state index in [0.29, 0.717) is 12.2 Å². The van der Waals surface area contributed by atoms with Gasteiger partial charge in [-0.2, -0.15) is 0 Å². The fraction of sp³-hybridized carbons (Fsp3) is 0.393. The molecule has 178 valence electrons. The maximum absolute atomic E-state index is 12.7. The molecule has 0 aliphatic heterocycles. The van der Waals surface area contributed by atoms with E-state index in [-0.39, 0.29) is 5.78 Å². The number of anilines is 2. The molecule has 0 saturated carbocycles. The first-order valence-electron chi connectivity index (χ1n) is 12.5. The SMILES string of the molecule is CCc1nc2c(N)nc3ccccc3c2n1CCCCCC(=O)c1ccc(N(CC)CC)cc1. The molecule has 0 amide bonds. The Labute approximate surface area is 201 Å². The van der Waals surface area contributed by atoms with Crippen LogP contribution < -0.4 is 10.6 Å². The van der Waals surface area contributed by atoms with Crippen molar-refractivity contribution in [3.8, 4) is 0 Å². The number of aryl methyl sites for hydroxylation is 2. The first-order valence-corrected chi connectivity index (χ1v) is 12.5. The Kier molecular flexibility index (Phi) is 7.46. The van der Waals surface area contributed by atoms with E-state index in [1.54, 1.807) is 0 Å². The van der Waals surface area contributed by atoms with Crippen LogP contribution in [0.4, 0.5) is 11.5 Å². The Morgan fingerprint density at radius 3 is 2.38 bits per heavy atom. The van der Waals surface area contributed by atoms with E-state index in [4.69, 9.17) is 10.7 Å². The molecular formula is C28H35N5O. The standard InChI is InChI=1S/C28H35N5O/c1-4-25-31-26-27(22-12-9-10-13-23(22)30-28(26)29)33(25)19-11-7-8-14-24(34)20-15-17-21(18-16-20)32(5-2)6-3/h9-10,12-13,15-18H,4-8,11,14,19H2,1-3H3,(H2,29,30). The highest BCUT2D eigenvalue weighted by Gasteiger charge is 2.16. The van der Waals surface area contributed by atoms with Crippen molar-refractivity contribution < 1.29 is 4.79 Å². The van der Waals surface area contributed by atoms with Crippen LogP contribution in [-0.4, -0.2) is 33.4 Å². The molecule has 2 aromatic carbocycles. The highest BCUT2D eigenvalue weighted by molar-refractivity contribution is 6.06. The smallest absolute Gasteiger partial charge is 0.162 e. The minimum atomic E-state index is 0.221. The molecule has 0 atom stereocenters. The average molecular weight is 458 g/mol. The highest BCUT2D eigenvalue weighted by atomic mass is 16.1. The molecule has 2 aromatic heterocycles. The average Bonchev–Trinajstić information content (AvgIpc) is 3.24. The second kappa shape index (κ2) is 10.7. The molecule has 0 unspecified atom stereocenters. The van der Waals surface area contributed by atoms with Crippen molar-refractivity contribution in [3.63, 3.8) is 0 Å². The molecular weight excluding hydrogens is 422 g/mol. The van der Waals surface area contributed by atoms with Crippen molar-refractivity contribution in [2.75, 3.05) is 23.7 Å². The fourth-order valence-corrected chi connectivity index (χ4v) is 4.74. The van der Waals surface area contributed by atoms with Crippen LogP contribution >= 0.6 is 0 Å². The monoisotopic (exact) mass is 457 g/mol. The number of hydrogen-bond donors (Lipinski definition) is 1. The number of unbranched alkanes of at least 4 members (excludes halogenated alkanes) is 2. The molecule has 0 spiro atoms. The van der Waals surface area contributed by atoms with Crippen LogP contribution in [0.3, 0.4) is 0 Å². The van der Waals surface area contributed by atoms with Gasteiger partial charge in [0.05, 0.1) is 11.0 Å². The molecule has 4 rings (SSSR count). The maximum atomic E-state index is 12.7. The Bertz CT molecular complexity index is 1270. The lowest BCUT2D eigenvalue weighted by Crippen LogP contribution is -2.21. The lowest BCUT2D eigenvalue weighted by atomic mass is 10.0. The summed E-state index contributed by atoms with van der Waals surface area (Å²) in [6.07, 6.45) is 4.28. The second-order valence-corrected chi connectivity index (χ2v) is 8.70. The fourth-order valence-electron chi connectivity index (χ4n) is 4.74. The van der Waals surface area contributed by atoms with E-state index in [9.17, 15) is 4.79 Å². The first-order chi connectivity index (χ1) is 16.6. The van der Waals surface area contributed by atoms with Gasteiger partial charge in [0.1, 0.15) is 11.3 Å². The number of nitrogens with two attached hydrogens (primary N) is 1. The number of benzene rings is 2. The number of ketones is 1. The van der Waals surface area contributed by atoms with Crippen molar-refractivity contribution in [1.82, 2.24) is 14.5 Å². The number of aromatic nitrogens is 3. The predicted molar refractivity (Wildman–Crippen MR) is 142 cm³/mol. The number of hydrogen-bond acceptors (Lipinski definition) is 5. The molecule has 0 aliphatic rings. The van der Waals surface area contributed by atoms with Crippen LogP contribution in [0.25, 0.3) is 21.9 Å². The van der Waals surface area contributed by atoms with E-state index in [0.717, 1.165) is 78.6 Å². The van der Waals surface area contributed by atoms with Gasteiger partial charge in [0.25, 0.3) is 0 Å². The van der Waals surface area contributed by atoms with Gasteiger partial charge in [-0.1, -0.05) is 31.5 Å². The summed E-state index contributed by atoms with van der Waals surface area (Å²) in [6.45, 7) is 9.21. The van der Waals surface area contributed by atoms with Gasteiger partial charge in [-0.15, -0.1) is 0 Å². The van der Waals surface area contributed by atoms with Crippen molar-refractivity contribution in [3.05, 3.63) is 59.9 Å². The zero-order chi connectivity index (χ0) is 24.1. The topological polar surface area (TPSA) is 77.0 Å². The number of Topliss-reactive ketones (excluding diaryl/α,β-unsaturated/α-hetero) is 1. The number of rotatable bonds is 11. The summed E-state index contributed by atoms with van der Waals surface area (Å²) >= 11 is 0. The van der Waals surface area contributed by atoms with E-state index in [1.165, 1.54) is 5.69 Å². The zero-order valence-electron chi connectivity index (χ0n) is 20.6. The lowest BCUT2D eigenvalue weighted by Gasteiger charge is -2.21. The summed E-state index contributed by atoms with van der Waals surface area (Å²) in [7, 11) is 0. The molecule has 2 heterocycles. The van der Waals surface area contributed by atoms with Crippen molar-refractivity contribution in [2.45, 2.75) is 59.4 Å². The minimum Gasteiger partial charge on any atom is -0.382 e. The molecule has 0 bridgehead atoms. The van der Waals surface area contributed by atoms with Gasteiger partial charge >= 0.3 is 0 Å². The largest absolute Gasteiger partial charge is 0.382 e. The summed E-state index contributed by atoms with van der Waals surface area (Å²) < 4.78 is 2.30. The maximum Gasteiger partial charge on any atom is 0.162 e. The Morgan fingerprint density at radius 2 is 1.68 bits per heavy atom. The summed E-state index contributed by atoms with van der Waals surface area (Å²) in [4.78, 5) is 24.3. The minimum absolute atomic E-state index is 0.221. The summed E-state index contributed by atoms with van der Waals surface area (Å²) in [5, 5.41) is 1.09. The molecule has 0 fully saturated rings. The Hall–Kier alpha value is -3.41. The molecule has 0 aliphatic carbocycles. The third-order valence-corrected chi connectivity index (χ3v) is 6.61. The second-order valence-electron chi connectivity index (χ2n) is 8.70. The van der Waals surface area contributed by atoms with Gasteiger partial charge in [-0.3, -0.25) is 4.79 Å². The van der Waals surface area contributed by atoms with E-state index in [1.807, 2.05) is 30.3 Å². The number of pyridine rings is 1. The quantitative estimate of drug-likeness (QED) is 0.220. The molecule has 0 saturated heterocycles. The van der Waals surface area contributed by atoms with Crippen LogP contribution in [0.1, 0.15) is 62.6 Å². The molecule has 34 heavy (non-hydrogen) atoms. The van der Waals surface area contributed by atoms with Crippen molar-refractivity contribution in [2.24, 2.45) is 0 Å². The third-order valence-electron chi connectivity index (χ3n) is 6.61. The normalized spacial score (nSPS) is 11.4. The summed E-state index contributed by atoms with van der Waals surface area (Å²) in [6, 6.07) is 16.1. The van der Waals surface area contributed by atoms with Crippen LogP contribution in [0.2, 0.25) is 0 Å². The first kappa shape index (κ1) is 23.7. The molecule has 0 radical (unpaired) electrons. The number of nitrogen functional groups attached to an aromatic ring is 1. The predicted octanol–water partition coefficient (Wildman–Crippen LogP) is 6.02. The molecule has 2 N–H and O–H groups in total. The van der Waals surface area contributed by atoms with E-state index in [2.05, 4.69) is 53.4 Å².